The van der Waals surface area contributed by atoms with Gasteiger partial charge in [-0.2, -0.15) is 0 Å². The number of nitrogens with one attached hydrogen (secondary N) is 1. The van der Waals surface area contributed by atoms with E-state index in [-0.39, 0.29) is 18.6 Å². The molecular weight excluding hydrogens is 344 g/mol. The zero-order chi connectivity index (χ0) is 19.4. The Hall–Kier alpha value is -3.15. The van der Waals surface area contributed by atoms with Crippen LogP contribution in [0.25, 0.3) is 11.0 Å². The molecular formula is C21H22N2O4. The first-order chi connectivity index (χ1) is 13.0. The maximum Gasteiger partial charge on any atom is 0.336 e. The molecule has 3 aromatic rings. The van der Waals surface area contributed by atoms with Crippen molar-refractivity contribution < 1.29 is 13.9 Å². The average Bonchev–Trinajstić information content (AvgIpc) is 2.65. The summed E-state index contributed by atoms with van der Waals surface area (Å²) in [6.07, 6.45) is 0.732. The lowest BCUT2D eigenvalue weighted by molar-refractivity contribution is -0.123. The third-order valence-corrected chi connectivity index (χ3v) is 4.28. The van der Waals surface area contributed by atoms with Crippen LogP contribution in [0.4, 0.5) is 0 Å². The van der Waals surface area contributed by atoms with Crippen molar-refractivity contribution in [2.45, 2.75) is 33.2 Å². The summed E-state index contributed by atoms with van der Waals surface area (Å²) < 4.78 is 10.8. The van der Waals surface area contributed by atoms with Gasteiger partial charge in [0, 0.05) is 23.2 Å². The number of aromatic nitrogens is 1. The van der Waals surface area contributed by atoms with Crippen LogP contribution in [0.1, 0.15) is 36.8 Å². The fourth-order valence-electron chi connectivity index (χ4n) is 2.90. The van der Waals surface area contributed by atoms with Crippen molar-refractivity contribution in [3.63, 3.8) is 0 Å². The standard InChI is InChI=1S/C21H22N2O4/c1-4-15-10-21(25)27-19-11-16(8-9-17(15)19)26-12-20(24)23-14(3)18-7-5-6-13(2)22-18/h5-11,14H,4,12H2,1-3H3,(H,23,24). The first kappa shape index (κ1) is 18.6. The molecule has 1 amide bonds. The molecule has 1 atom stereocenters. The Labute approximate surface area is 157 Å². The molecule has 140 valence electrons. The molecule has 2 aromatic heterocycles. The molecule has 6 heteroatoms. The number of hydrogen-bond acceptors (Lipinski definition) is 5. The number of nitrogens with zero attached hydrogens (tertiary/aromatic N) is 1. The maximum atomic E-state index is 12.2. The van der Waals surface area contributed by atoms with Gasteiger partial charge in [-0.05, 0) is 50.1 Å². The second kappa shape index (κ2) is 8.03. The number of benzene rings is 1. The molecule has 1 N–H and O–H groups in total. The Morgan fingerprint density at radius 1 is 1.26 bits per heavy atom. The topological polar surface area (TPSA) is 81.4 Å². The van der Waals surface area contributed by atoms with E-state index < -0.39 is 5.63 Å². The van der Waals surface area contributed by atoms with Gasteiger partial charge in [-0.25, -0.2) is 4.79 Å². The highest BCUT2D eigenvalue weighted by atomic mass is 16.5. The number of pyridine rings is 1. The zero-order valence-corrected chi connectivity index (χ0v) is 15.6. The van der Waals surface area contributed by atoms with Crippen molar-refractivity contribution in [1.29, 1.82) is 0 Å². The van der Waals surface area contributed by atoms with E-state index in [9.17, 15) is 9.59 Å². The maximum absolute atomic E-state index is 12.2. The highest BCUT2D eigenvalue weighted by molar-refractivity contribution is 5.82. The van der Waals surface area contributed by atoms with E-state index in [0.717, 1.165) is 28.8 Å². The highest BCUT2D eigenvalue weighted by Crippen LogP contribution is 2.23. The number of carbonyl (C=O) groups is 1. The molecule has 1 aromatic carbocycles. The summed E-state index contributed by atoms with van der Waals surface area (Å²) in [5.41, 5.74) is 2.67. The van der Waals surface area contributed by atoms with Crippen molar-refractivity contribution in [2.75, 3.05) is 6.61 Å². The van der Waals surface area contributed by atoms with Crippen molar-refractivity contribution in [3.8, 4) is 5.75 Å². The first-order valence-corrected chi connectivity index (χ1v) is 8.88. The normalized spacial score (nSPS) is 12.0. The number of hydrogen-bond donors (Lipinski definition) is 1. The summed E-state index contributed by atoms with van der Waals surface area (Å²) in [7, 11) is 0. The lowest BCUT2D eigenvalue weighted by Gasteiger charge is -2.14. The third kappa shape index (κ3) is 4.53. The molecule has 0 saturated carbocycles. The SMILES string of the molecule is CCc1cc(=O)oc2cc(OCC(=O)NC(C)c3cccc(C)n3)ccc12. The molecule has 1 unspecified atom stereocenters. The molecule has 0 saturated heterocycles. The lowest BCUT2D eigenvalue weighted by atomic mass is 10.1. The molecule has 0 spiro atoms. The summed E-state index contributed by atoms with van der Waals surface area (Å²) in [5, 5.41) is 3.73. The molecule has 3 rings (SSSR count). The number of rotatable bonds is 6. The molecule has 0 radical (unpaired) electrons. The van der Waals surface area contributed by atoms with E-state index in [4.69, 9.17) is 9.15 Å². The largest absolute Gasteiger partial charge is 0.484 e. The summed E-state index contributed by atoms with van der Waals surface area (Å²) in [5.74, 6) is 0.213. The van der Waals surface area contributed by atoms with E-state index in [1.54, 1.807) is 12.1 Å². The highest BCUT2D eigenvalue weighted by Gasteiger charge is 2.12. The summed E-state index contributed by atoms with van der Waals surface area (Å²) in [6, 6.07) is 12.2. The van der Waals surface area contributed by atoms with Gasteiger partial charge in [0.1, 0.15) is 11.3 Å². The Morgan fingerprint density at radius 2 is 2.07 bits per heavy atom. The number of aryl methyl sites for hydroxylation is 2. The second-order valence-electron chi connectivity index (χ2n) is 6.38. The molecule has 6 nitrogen and oxygen atoms in total. The molecule has 0 aliphatic heterocycles. The number of amides is 1. The van der Waals surface area contributed by atoms with Gasteiger partial charge in [0.2, 0.25) is 0 Å². The lowest BCUT2D eigenvalue weighted by Crippen LogP contribution is -2.31. The van der Waals surface area contributed by atoms with Gasteiger partial charge in [0.05, 0.1) is 11.7 Å². The van der Waals surface area contributed by atoms with E-state index in [2.05, 4.69) is 10.3 Å². The van der Waals surface area contributed by atoms with Crippen LogP contribution in [0.15, 0.2) is 51.7 Å². The Balaban J connectivity index is 1.65. The fourth-order valence-corrected chi connectivity index (χ4v) is 2.90. The Bertz CT molecular complexity index is 1030. The van der Waals surface area contributed by atoms with Crippen molar-refractivity contribution in [1.82, 2.24) is 10.3 Å². The Morgan fingerprint density at radius 3 is 2.81 bits per heavy atom. The zero-order valence-electron chi connectivity index (χ0n) is 15.6. The summed E-state index contributed by atoms with van der Waals surface area (Å²) >= 11 is 0. The Kier molecular flexibility index (Phi) is 5.54. The van der Waals surface area contributed by atoms with Crippen LogP contribution in [-0.2, 0) is 11.2 Å². The van der Waals surface area contributed by atoms with E-state index in [1.807, 2.05) is 45.0 Å². The van der Waals surface area contributed by atoms with Crippen molar-refractivity contribution >= 4 is 16.9 Å². The minimum atomic E-state index is -0.395. The predicted molar refractivity (Wildman–Crippen MR) is 103 cm³/mol. The number of fused-ring (bicyclic) bond motifs is 1. The monoisotopic (exact) mass is 366 g/mol. The minimum absolute atomic E-state index is 0.140. The van der Waals surface area contributed by atoms with Crippen LogP contribution < -0.4 is 15.7 Å². The minimum Gasteiger partial charge on any atom is -0.484 e. The molecule has 27 heavy (non-hydrogen) atoms. The van der Waals surface area contributed by atoms with Crippen LogP contribution in [0.3, 0.4) is 0 Å². The van der Waals surface area contributed by atoms with Crippen LogP contribution in [0, 0.1) is 6.92 Å². The van der Waals surface area contributed by atoms with E-state index >= 15 is 0 Å². The van der Waals surface area contributed by atoms with Gasteiger partial charge in [-0.3, -0.25) is 9.78 Å². The quantitative estimate of drug-likeness (QED) is 0.677. The predicted octanol–water partition coefficient (Wildman–Crippen LogP) is 3.32. The second-order valence-corrected chi connectivity index (χ2v) is 6.38. The summed E-state index contributed by atoms with van der Waals surface area (Å²) in [6.45, 7) is 5.62. The van der Waals surface area contributed by atoms with Crippen LogP contribution >= 0.6 is 0 Å². The first-order valence-electron chi connectivity index (χ1n) is 8.88. The fraction of sp³-hybridized carbons (Fsp3) is 0.286. The third-order valence-electron chi connectivity index (χ3n) is 4.28. The van der Waals surface area contributed by atoms with Crippen molar-refractivity contribution in [2.24, 2.45) is 0 Å². The van der Waals surface area contributed by atoms with E-state index in [0.29, 0.717) is 11.3 Å². The average molecular weight is 366 g/mol. The summed E-state index contributed by atoms with van der Waals surface area (Å²) in [4.78, 5) is 28.2. The molecule has 0 aliphatic rings. The molecule has 0 fully saturated rings. The van der Waals surface area contributed by atoms with Gasteiger partial charge < -0.3 is 14.5 Å². The van der Waals surface area contributed by atoms with Crippen LogP contribution in [0.5, 0.6) is 5.75 Å². The molecule has 0 bridgehead atoms. The molecule has 2 heterocycles. The number of carbonyl (C=O) groups excluding carboxylic acids is 1. The van der Waals surface area contributed by atoms with Crippen LogP contribution in [-0.4, -0.2) is 17.5 Å². The number of ether oxygens (including phenoxy) is 1. The van der Waals surface area contributed by atoms with Gasteiger partial charge in [0.25, 0.3) is 5.91 Å². The smallest absolute Gasteiger partial charge is 0.336 e. The van der Waals surface area contributed by atoms with Gasteiger partial charge in [0.15, 0.2) is 6.61 Å². The molecule has 0 aliphatic carbocycles. The van der Waals surface area contributed by atoms with Crippen LogP contribution in [0.2, 0.25) is 0 Å². The van der Waals surface area contributed by atoms with Gasteiger partial charge >= 0.3 is 5.63 Å². The van der Waals surface area contributed by atoms with Crippen molar-refractivity contribution in [3.05, 3.63) is 69.8 Å². The van der Waals surface area contributed by atoms with Gasteiger partial charge in [-0.15, -0.1) is 0 Å². The van der Waals surface area contributed by atoms with Gasteiger partial charge in [-0.1, -0.05) is 13.0 Å². The van der Waals surface area contributed by atoms with E-state index in [1.165, 1.54) is 6.07 Å².